The first-order chi connectivity index (χ1) is 8.24. The van der Waals surface area contributed by atoms with E-state index in [4.69, 9.17) is 10.5 Å². The standard InChI is InChI=1S/C12H14FN3O/c13-10-3-1-4-11(9-10)17-8-2-6-16-7-5-12(14)15-16/h1,3-5,7,9H,2,6,8H2,(H2,14,15). The fourth-order valence-electron chi connectivity index (χ4n) is 1.48. The van der Waals surface area contributed by atoms with Gasteiger partial charge in [-0.05, 0) is 18.2 Å². The van der Waals surface area contributed by atoms with Crippen LogP contribution in [-0.4, -0.2) is 16.4 Å². The molecule has 1 heterocycles. The second kappa shape index (κ2) is 5.34. The number of nitrogens with two attached hydrogens (primary N) is 1. The van der Waals surface area contributed by atoms with Crippen molar-refractivity contribution in [1.29, 1.82) is 0 Å². The fraction of sp³-hybridized carbons (Fsp3) is 0.250. The molecule has 0 aliphatic heterocycles. The summed E-state index contributed by atoms with van der Waals surface area (Å²) in [6, 6.07) is 7.85. The Balaban J connectivity index is 1.73. The van der Waals surface area contributed by atoms with Crippen LogP contribution in [0.2, 0.25) is 0 Å². The molecule has 5 heteroatoms. The third-order valence-corrected chi connectivity index (χ3v) is 2.26. The van der Waals surface area contributed by atoms with Crippen molar-refractivity contribution in [3.8, 4) is 5.75 Å². The Hall–Kier alpha value is -2.04. The van der Waals surface area contributed by atoms with Crippen molar-refractivity contribution in [2.75, 3.05) is 12.3 Å². The van der Waals surface area contributed by atoms with Gasteiger partial charge in [-0.1, -0.05) is 6.07 Å². The van der Waals surface area contributed by atoms with Crippen LogP contribution in [0, 0.1) is 5.82 Å². The molecule has 2 rings (SSSR count). The van der Waals surface area contributed by atoms with E-state index in [2.05, 4.69) is 5.10 Å². The van der Waals surface area contributed by atoms with Crippen LogP contribution < -0.4 is 10.5 Å². The smallest absolute Gasteiger partial charge is 0.145 e. The average molecular weight is 235 g/mol. The molecule has 1 aromatic heterocycles. The summed E-state index contributed by atoms with van der Waals surface area (Å²) in [5.74, 6) is 0.767. The Labute approximate surface area is 98.8 Å². The highest BCUT2D eigenvalue weighted by molar-refractivity contribution is 5.23. The quantitative estimate of drug-likeness (QED) is 0.807. The minimum atomic E-state index is -0.289. The number of hydrogen-bond donors (Lipinski definition) is 1. The van der Waals surface area contributed by atoms with Gasteiger partial charge in [0.2, 0.25) is 0 Å². The van der Waals surface area contributed by atoms with Crippen molar-refractivity contribution in [2.45, 2.75) is 13.0 Å². The number of nitrogen functional groups attached to an aromatic ring is 1. The fourth-order valence-corrected chi connectivity index (χ4v) is 1.48. The monoisotopic (exact) mass is 235 g/mol. The van der Waals surface area contributed by atoms with Crippen molar-refractivity contribution in [3.63, 3.8) is 0 Å². The largest absolute Gasteiger partial charge is 0.493 e. The van der Waals surface area contributed by atoms with Gasteiger partial charge in [0.1, 0.15) is 17.4 Å². The van der Waals surface area contributed by atoms with Gasteiger partial charge in [0.15, 0.2) is 0 Å². The Bertz CT molecular complexity index is 484. The Morgan fingerprint density at radius 2 is 2.24 bits per heavy atom. The van der Waals surface area contributed by atoms with E-state index in [0.29, 0.717) is 18.2 Å². The maximum atomic E-state index is 12.8. The van der Waals surface area contributed by atoms with Gasteiger partial charge in [0, 0.05) is 25.2 Å². The lowest BCUT2D eigenvalue weighted by Gasteiger charge is -2.06. The normalized spacial score (nSPS) is 10.4. The van der Waals surface area contributed by atoms with Crippen LogP contribution in [0.15, 0.2) is 36.5 Å². The minimum Gasteiger partial charge on any atom is -0.493 e. The average Bonchev–Trinajstić information content (AvgIpc) is 2.71. The lowest BCUT2D eigenvalue weighted by molar-refractivity contribution is 0.297. The van der Waals surface area contributed by atoms with Gasteiger partial charge in [-0.2, -0.15) is 5.10 Å². The van der Waals surface area contributed by atoms with Crippen molar-refractivity contribution in [2.24, 2.45) is 0 Å². The van der Waals surface area contributed by atoms with E-state index in [0.717, 1.165) is 13.0 Å². The van der Waals surface area contributed by atoms with Crippen molar-refractivity contribution in [3.05, 3.63) is 42.3 Å². The molecule has 0 unspecified atom stereocenters. The number of aryl methyl sites for hydroxylation is 1. The maximum Gasteiger partial charge on any atom is 0.145 e. The molecule has 0 saturated carbocycles. The van der Waals surface area contributed by atoms with E-state index in [9.17, 15) is 4.39 Å². The molecule has 0 bridgehead atoms. The molecular weight excluding hydrogens is 221 g/mol. The molecule has 2 N–H and O–H groups in total. The van der Waals surface area contributed by atoms with Crippen molar-refractivity contribution in [1.82, 2.24) is 9.78 Å². The highest BCUT2D eigenvalue weighted by Gasteiger charge is 1.97. The maximum absolute atomic E-state index is 12.8. The number of halogens is 1. The molecule has 2 aromatic rings. The van der Waals surface area contributed by atoms with Crippen LogP contribution in [0.5, 0.6) is 5.75 Å². The number of hydrogen-bond acceptors (Lipinski definition) is 3. The van der Waals surface area contributed by atoms with Gasteiger partial charge >= 0.3 is 0 Å². The Morgan fingerprint density at radius 1 is 1.35 bits per heavy atom. The molecule has 90 valence electrons. The third-order valence-electron chi connectivity index (χ3n) is 2.26. The van der Waals surface area contributed by atoms with Gasteiger partial charge in [-0.15, -0.1) is 0 Å². The molecule has 0 amide bonds. The molecule has 17 heavy (non-hydrogen) atoms. The van der Waals surface area contributed by atoms with Crippen LogP contribution in [-0.2, 0) is 6.54 Å². The molecule has 0 aliphatic rings. The zero-order valence-corrected chi connectivity index (χ0v) is 9.34. The summed E-state index contributed by atoms with van der Waals surface area (Å²) >= 11 is 0. The summed E-state index contributed by atoms with van der Waals surface area (Å²) in [4.78, 5) is 0. The van der Waals surface area contributed by atoms with Gasteiger partial charge < -0.3 is 10.5 Å². The van der Waals surface area contributed by atoms with Crippen molar-refractivity contribution < 1.29 is 9.13 Å². The summed E-state index contributed by atoms with van der Waals surface area (Å²) in [6.45, 7) is 1.25. The molecule has 0 atom stereocenters. The second-order valence-corrected chi connectivity index (χ2v) is 3.66. The molecule has 0 saturated heterocycles. The van der Waals surface area contributed by atoms with E-state index < -0.39 is 0 Å². The third kappa shape index (κ3) is 3.48. The van der Waals surface area contributed by atoms with E-state index in [1.54, 1.807) is 22.9 Å². The number of aromatic nitrogens is 2. The molecular formula is C12H14FN3O. The summed E-state index contributed by atoms with van der Waals surface area (Å²) in [5.41, 5.74) is 5.49. The van der Waals surface area contributed by atoms with E-state index >= 15 is 0 Å². The molecule has 1 aromatic carbocycles. The van der Waals surface area contributed by atoms with Crippen molar-refractivity contribution >= 4 is 5.82 Å². The van der Waals surface area contributed by atoms with E-state index in [1.807, 2.05) is 6.20 Å². The SMILES string of the molecule is Nc1ccn(CCCOc2cccc(F)c2)n1. The second-order valence-electron chi connectivity index (χ2n) is 3.66. The number of benzene rings is 1. The molecule has 0 aliphatic carbocycles. The number of rotatable bonds is 5. The molecule has 0 spiro atoms. The van der Waals surface area contributed by atoms with Gasteiger partial charge in [-0.25, -0.2) is 4.39 Å². The molecule has 4 nitrogen and oxygen atoms in total. The zero-order valence-electron chi connectivity index (χ0n) is 9.34. The summed E-state index contributed by atoms with van der Waals surface area (Å²) in [5, 5.41) is 4.05. The first-order valence-corrected chi connectivity index (χ1v) is 5.41. The van der Waals surface area contributed by atoms with Gasteiger partial charge in [0.05, 0.1) is 6.61 Å². The first kappa shape index (κ1) is 11.4. The van der Waals surface area contributed by atoms with Crippen LogP contribution >= 0.6 is 0 Å². The summed E-state index contributed by atoms with van der Waals surface area (Å²) < 4.78 is 20.0. The Kier molecular flexibility index (Phi) is 3.59. The van der Waals surface area contributed by atoms with Crippen LogP contribution in [0.25, 0.3) is 0 Å². The van der Waals surface area contributed by atoms with E-state index in [1.165, 1.54) is 12.1 Å². The first-order valence-electron chi connectivity index (χ1n) is 5.41. The topological polar surface area (TPSA) is 53.1 Å². The van der Waals surface area contributed by atoms with E-state index in [-0.39, 0.29) is 5.82 Å². The lowest BCUT2D eigenvalue weighted by Crippen LogP contribution is -2.05. The molecule has 0 fully saturated rings. The summed E-state index contributed by atoms with van der Waals surface area (Å²) in [7, 11) is 0. The number of nitrogens with zero attached hydrogens (tertiary/aromatic N) is 2. The zero-order chi connectivity index (χ0) is 12.1. The highest BCUT2D eigenvalue weighted by Crippen LogP contribution is 2.12. The summed E-state index contributed by atoms with van der Waals surface area (Å²) in [6.07, 6.45) is 2.61. The van der Waals surface area contributed by atoms with Gasteiger partial charge in [0.25, 0.3) is 0 Å². The number of anilines is 1. The van der Waals surface area contributed by atoms with Crippen LogP contribution in [0.3, 0.4) is 0 Å². The van der Waals surface area contributed by atoms with Gasteiger partial charge in [-0.3, -0.25) is 4.68 Å². The number of ether oxygens (including phenoxy) is 1. The predicted molar refractivity (Wildman–Crippen MR) is 63.2 cm³/mol. The minimum absolute atomic E-state index is 0.289. The molecule has 0 radical (unpaired) electrons. The van der Waals surface area contributed by atoms with Crippen LogP contribution in [0.4, 0.5) is 10.2 Å². The lowest BCUT2D eigenvalue weighted by atomic mass is 10.3. The highest BCUT2D eigenvalue weighted by atomic mass is 19.1. The predicted octanol–water partition coefficient (Wildman–Crippen LogP) is 2.07. The Morgan fingerprint density at radius 3 is 2.94 bits per heavy atom. The van der Waals surface area contributed by atoms with Crippen LogP contribution in [0.1, 0.15) is 6.42 Å².